The van der Waals surface area contributed by atoms with Gasteiger partial charge in [-0.05, 0) is 36.2 Å². The molecule has 3 N–H and O–H groups in total. The van der Waals surface area contributed by atoms with E-state index in [0.29, 0.717) is 5.56 Å². The van der Waals surface area contributed by atoms with Crippen molar-refractivity contribution in [3.8, 4) is 0 Å². The number of benzene rings is 2. The Balaban J connectivity index is 2.38. The van der Waals surface area contributed by atoms with Crippen molar-refractivity contribution in [2.24, 2.45) is 5.73 Å². The van der Waals surface area contributed by atoms with Gasteiger partial charge in [0.25, 0.3) is 0 Å². The van der Waals surface area contributed by atoms with E-state index in [4.69, 9.17) is 5.73 Å². The summed E-state index contributed by atoms with van der Waals surface area (Å²) in [5.41, 5.74) is 6.08. The standard InChI is InChI=1S/C15H15FN2O3S/c1-10-4-2-3-5-13(10)22(20,21)18-14(15(17)19)11-6-8-12(16)9-7-11/h2-9,14,18H,1H3,(H2,17,19)/t14-/m1/s1. The van der Waals surface area contributed by atoms with Gasteiger partial charge in [-0.25, -0.2) is 12.8 Å². The summed E-state index contributed by atoms with van der Waals surface area (Å²) in [5.74, 6) is -1.36. The molecule has 0 radical (unpaired) electrons. The van der Waals surface area contributed by atoms with Gasteiger partial charge in [0.05, 0.1) is 4.90 Å². The van der Waals surface area contributed by atoms with Crippen LogP contribution in [0, 0.1) is 12.7 Å². The maximum absolute atomic E-state index is 13.0. The third-order valence-electron chi connectivity index (χ3n) is 3.14. The smallest absolute Gasteiger partial charge is 0.241 e. The van der Waals surface area contributed by atoms with Crippen molar-refractivity contribution in [1.82, 2.24) is 4.72 Å². The Morgan fingerprint density at radius 3 is 2.27 bits per heavy atom. The normalized spacial score (nSPS) is 12.8. The number of hydrogen-bond donors (Lipinski definition) is 2. The fourth-order valence-electron chi connectivity index (χ4n) is 2.02. The molecule has 0 aromatic heterocycles. The Labute approximate surface area is 128 Å². The highest BCUT2D eigenvalue weighted by molar-refractivity contribution is 7.89. The van der Waals surface area contributed by atoms with Gasteiger partial charge in [0, 0.05) is 0 Å². The Bertz CT molecular complexity index is 789. The SMILES string of the molecule is Cc1ccccc1S(=O)(=O)N[C@@H](C(N)=O)c1ccc(F)cc1. The summed E-state index contributed by atoms with van der Waals surface area (Å²) in [6, 6.07) is 9.98. The van der Waals surface area contributed by atoms with Crippen LogP contribution in [0.2, 0.25) is 0 Å². The number of nitrogens with one attached hydrogen (secondary N) is 1. The van der Waals surface area contributed by atoms with Crippen molar-refractivity contribution in [1.29, 1.82) is 0 Å². The van der Waals surface area contributed by atoms with Crippen LogP contribution in [-0.2, 0) is 14.8 Å². The number of amides is 1. The molecule has 0 saturated carbocycles. The minimum absolute atomic E-state index is 0.0587. The van der Waals surface area contributed by atoms with Crippen LogP contribution in [0.15, 0.2) is 53.4 Å². The first-order valence-electron chi connectivity index (χ1n) is 6.44. The van der Waals surface area contributed by atoms with Gasteiger partial charge in [-0.3, -0.25) is 4.79 Å². The maximum Gasteiger partial charge on any atom is 0.241 e. The molecule has 0 aliphatic heterocycles. The molecule has 7 heteroatoms. The Morgan fingerprint density at radius 1 is 1.14 bits per heavy atom. The number of rotatable bonds is 5. The van der Waals surface area contributed by atoms with E-state index in [0.717, 1.165) is 12.1 Å². The number of sulfonamides is 1. The van der Waals surface area contributed by atoms with E-state index >= 15 is 0 Å². The fourth-order valence-corrected chi connectivity index (χ4v) is 3.46. The molecule has 0 aliphatic rings. The number of nitrogens with two attached hydrogens (primary N) is 1. The van der Waals surface area contributed by atoms with Crippen molar-refractivity contribution in [3.63, 3.8) is 0 Å². The minimum Gasteiger partial charge on any atom is -0.368 e. The summed E-state index contributed by atoms with van der Waals surface area (Å²) in [4.78, 5) is 11.6. The van der Waals surface area contributed by atoms with Crippen LogP contribution in [0.25, 0.3) is 0 Å². The van der Waals surface area contributed by atoms with E-state index in [9.17, 15) is 17.6 Å². The summed E-state index contributed by atoms with van der Waals surface area (Å²) in [7, 11) is -3.94. The topological polar surface area (TPSA) is 89.3 Å². The molecular formula is C15H15FN2O3S. The molecule has 22 heavy (non-hydrogen) atoms. The second-order valence-electron chi connectivity index (χ2n) is 4.77. The number of hydrogen-bond acceptors (Lipinski definition) is 3. The lowest BCUT2D eigenvalue weighted by atomic mass is 10.1. The fraction of sp³-hybridized carbons (Fsp3) is 0.133. The van der Waals surface area contributed by atoms with E-state index in [-0.39, 0.29) is 10.5 Å². The highest BCUT2D eigenvalue weighted by Crippen LogP contribution is 2.19. The number of halogens is 1. The molecule has 1 atom stereocenters. The quantitative estimate of drug-likeness (QED) is 0.877. The molecule has 0 bridgehead atoms. The van der Waals surface area contributed by atoms with Gasteiger partial charge in [0.2, 0.25) is 15.9 Å². The van der Waals surface area contributed by atoms with E-state index in [1.165, 1.54) is 18.2 Å². The van der Waals surface area contributed by atoms with Crippen LogP contribution in [0.3, 0.4) is 0 Å². The van der Waals surface area contributed by atoms with Gasteiger partial charge in [-0.1, -0.05) is 30.3 Å². The Kier molecular flexibility index (Phi) is 4.58. The number of aryl methyl sites for hydroxylation is 1. The monoisotopic (exact) mass is 322 g/mol. The Hall–Kier alpha value is -2.25. The van der Waals surface area contributed by atoms with Gasteiger partial charge in [0.1, 0.15) is 11.9 Å². The molecule has 5 nitrogen and oxygen atoms in total. The van der Waals surface area contributed by atoms with Crippen molar-refractivity contribution < 1.29 is 17.6 Å². The molecule has 0 fully saturated rings. The molecule has 2 rings (SSSR count). The zero-order chi connectivity index (χ0) is 16.3. The predicted octanol–water partition coefficient (Wildman–Crippen LogP) is 1.64. The van der Waals surface area contributed by atoms with Crippen LogP contribution in [-0.4, -0.2) is 14.3 Å². The van der Waals surface area contributed by atoms with Gasteiger partial charge < -0.3 is 5.73 Å². The second-order valence-corrected chi connectivity index (χ2v) is 6.46. The zero-order valence-electron chi connectivity index (χ0n) is 11.8. The van der Waals surface area contributed by atoms with Crippen LogP contribution < -0.4 is 10.5 Å². The van der Waals surface area contributed by atoms with Gasteiger partial charge in [0.15, 0.2) is 0 Å². The van der Waals surface area contributed by atoms with Crippen molar-refractivity contribution >= 4 is 15.9 Å². The van der Waals surface area contributed by atoms with E-state index in [1.54, 1.807) is 25.1 Å². The highest BCUT2D eigenvalue weighted by Gasteiger charge is 2.26. The number of carbonyl (C=O) groups is 1. The molecule has 1 amide bonds. The first-order chi connectivity index (χ1) is 10.3. The van der Waals surface area contributed by atoms with E-state index in [1.807, 2.05) is 0 Å². The maximum atomic E-state index is 13.0. The van der Waals surface area contributed by atoms with Gasteiger partial charge in [-0.15, -0.1) is 0 Å². The molecule has 0 saturated heterocycles. The van der Waals surface area contributed by atoms with Crippen LogP contribution in [0.1, 0.15) is 17.2 Å². The van der Waals surface area contributed by atoms with Crippen molar-refractivity contribution in [2.45, 2.75) is 17.9 Å². The highest BCUT2D eigenvalue weighted by atomic mass is 32.2. The number of primary amides is 1. The minimum atomic E-state index is -3.94. The predicted molar refractivity (Wildman–Crippen MR) is 79.8 cm³/mol. The lowest BCUT2D eigenvalue weighted by molar-refractivity contribution is -0.119. The van der Waals surface area contributed by atoms with Crippen molar-refractivity contribution in [2.75, 3.05) is 0 Å². The van der Waals surface area contributed by atoms with Crippen LogP contribution in [0.5, 0.6) is 0 Å². The third kappa shape index (κ3) is 3.49. The first kappa shape index (κ1) is 16.1. The summed E-state index contributed by atoms with van der Waals surface area (Å²) in [6.45, 7) is 1.64. The lowest BCUT2D eigenvalue weighted by Gasteiger charge is -2.17. The molecular weight excluding hydrogens is 307 g/mol. The average Bonchev–Trinajstić information content (AvgIpc) is 2.46. The average molecular weight is 322 g/mol. The summed E-state index contributed by atoms with van der Waals surface area (Å²) < 4.78 is 40.0. The number of carbonyl (C=O) groups excluding carboxylic acids is 1. The van der Waals surface area contributed by atoms with Crippen molar-refractivity contribution in [3.05, 3.63) is 65.5 Å². The lowest BCUT2D eigenvalue weighted by Crippen LogP contribution is -2.37. The van der Waals surface area contributed by atoms with Gasteiger partial charge in [-0.2, -0.15) is 4.72 Å². The largest absolute Gasteiger partial charge is 0.368 e. The molecule has 0 heterocycles. The van der Waals surface area contributed by atoms with E-state index < -0.39 is 27.8 Å². The van der Waals surface area contributed by atoms with E-state index in [2.05, 4.69) is 4.72 Å². The zero-order valence-corrected chi connectivity index (χ0v) is 12.6. The van der Waals surface area contributed by atoms with Crippen LogP contribution in [0.4, 0.5) is 4.39 Å². The molecule has 2 aromatic carbocycles. The second kappa shape index (κ2) is 6.25. The molecule has 116 valence electrons. The summed E-state index contributed by atoms with van der Waals surface area (Å²) >= 11 is 0. The molecule has 2 aromatic rings. The van der Waals surface area contributed by atoms with Gasteiger partial charge >= 0.3 is 0 Å². The van der Waals surface area contributed by atoms with Crippen LogP contribution >= 0.6 is 0 Å². The summed E-state index contributed by atoms with van der Waals surface area (Å²) in [6.07, 6.45) is 0. The molecule has 0 spiro atoms. The third-order valence-corrected chi connectivity index (χ3v) is 4.73. The first-order valence-corrected chi connectivity index (χ1v) is 7.92. The summed E-state index contributed by atoms with van der Waals surface area (Å²) in [5, 5.41) is 0. The molecule has 0 aliphatic carbocycles. The Morgan fingerprint density at radius 2 is 1.73 bits per heavy atom. The molecule has 0 unspecified atom stereocenters.